The molecular formula is C16H31ClN2O. The maximum atomic E-state index is 12.4. The second-order valence-electron chi connectivity index (χ2n) is 6.82. The van der Waals surface area contributed by atoms with E-state index in [1.807, 2.05) is 0 Å². The summed E-state index contributed by atoms with van der Waals surface area (Å²) in [5.41, 5.74) is 5.80. The molecular weight excluding hydrogens is 272 g/mol. The van der Waals surface area contributed by atoms with Gasteiger partial charge in [-0.2, -0.15) is 0 Å². The fourth-order valence-electron chi connectivity index (χ4n) is 3.85. The molecule has 2 fully saturated rings. The van der Waals surface area contributed by atoms with Gasteiger partial charge in [0.05, 0.1) is 5.54 Å². The minimum Gasteiger partial charge on any atom is -0.349 e. The fourth-order valence-corrected chi connectivity index (χ4v) is 3.85. The monoisotopic (exact) mass is 302 g/mol. The standard InChI is InChI=1S/C16H30N2O.ClH/c1-13(11-14-7-3-2-4-8-14)15(19)18-16(12-17)9-5-6-10-16;/h13-14H,2-12,17H2,1H3,(H,18,19);1H. The van der Waals surface area contributed by atoms with Crippen LogP contribution in [0.3, 0.4) is 0 Å². The van der Waals surface area contributed by atoms with Crippen molar-refractivity contribution >= 4 is 18.3 Å². The highest BCUT2D eigenvalue weighted by molar-refractivity contribution is 5.85. The molecule has 3 N–H and O–H groups in total. The lowest BCUT2D eigenvalue weighted by molar-refractivity contribution is -0.127. The van der Waals surface area contributed by atoms with Crippen molar-refractivity contribution in [2.45, 2.75) is 76.7 Å². The van der Waals surface area contributed by atoms with Gasteiger partial charge in [-0.25, -0.2) is 0 Å². The van der Waals surface area contributed by atoms with Crippen LogP contribution in [0, 0.1) is 11.8 Å². The molecule has 1 unspecified atom stereocenters. The largest absolute Gasteiger partial charge is 0.349 e. The highest BCUT2D eigenvalue weighted by atomic mass is 35.5. The van der Waals surface area contributed by atoms with Crippen molar-refractivity contribution in [3.63, 3.8) is 0 Å². The molecule has 20 heavy (non-hydrogen) atoms. The maximum Gasteiger partial charge on any atom is 0.223 e. The molecule has 0 aliphatic heterocycles. The van der Waals surface area contributed by atoms with E-state index in [4.69, 9.17) is 5.73 Å². The van der Waals surface area contributed by atoms with Crippen molar-refractivity contribution in [1.29, 1.82) is 0 Å². The summed E-state index contributed by atoms with van der Waals surface area (Å²) in [6.45, 7) is 2.68. The van der Waals surface area contributed by atoms with Gasteiger partial charge in [0.1, 0.15) is 0 Å². The molecule has 2 rings (SSSR count). The van der Waals surface area contributed by atoms with E-state index in [0.717, 1.165) is 25.2 Å². The van der Waals surface area contributed by atoms with Crippen LogP contribution in [-0.2, 0) is 4.79 Å². The van der Waals surface area contributed by atoms with Crippen LogP contribution in [0.15, 0.2) is 0 Å². The molecule has 0 aromatic rings. The van der Waals surface area contributed by atoms with Crippen molar-refractivity contribution in [3.8, 4) is 0 Å². The molecule has 3 nitrogen and oxygen atoms in total. The SMILES string of the molecule is CC(CC1CCCCC1)C(=O)NC1(CN)CCCC1.Cl. The Kier molecular flexibility index (Phi) is 7.32. The van der Waals surface area contributed by atoms with Crippen LogP contribution < -0.4 is 11.1 Å². The molecule has 0 bridgehead atoms. The Hall–Kier alpha value is -0.280. The van der Waals surface area contributed by atoms with Crippen LogP contribution in [0.25, 0.3) is 0 Å². The Morgan fingerprint density at radius 3 is 2.35 bits per heavy atom. The van der Waals surface area contributed by atoms with Crippen LogP contribution in [0.1, 0.15) is 71.1 Å². The van der Waals surface area contributed by atoms with Crippen molar-refractivity contribution in [2.75, 3.05) is 6.54 Å². The molecule has 0 aromatic carbocycles. The van der Waals surface area contributed by atoms with Crippen LogP contribution in [0.4, 0.5) is 0 Å². The van der Waals surface area contributed by atoms with Gasteiger partial charge in [-0.1, -0.05) is 51.9 Å². The zero-order valence-electron chi connectivity index (χ0n) is 12.8. The predicted octanol–water partition coefficient (Wildman–Crippen LogP) is 3.40. The number of amides is 1. The normalized spacial score (nSPS) is 23.9. The highest BCUT2D eigenvalue weighted by Crippen LogP contribution is 2.31. The van der Waals surface area contributed by atoms with Gasteiger partial charge >= 0.3 is 0 Å². The summed E-state index contributed by atoms with van der Waals surface area (Å²) in [5, 5.41) is 3.27. The van der Waals surface area contributed by atoms with Crippen molar-refractivity contribution in [1.82, 2.24) is 5.32 Å². The second-order valence-corrected chi connectivity index (χ2v) is 6.82. The summed E-state index contributed by atoms with van der Waals surface area (Å²) in [6.07, 6.45) is 12.3. The number of hydrogen-bond acceptors (Lipinski definition) is 2. The number of nitrogens with one attached hydrogen (secondary N) is 1. The number of carbonyl (C=O) groups excluding carboxylic acids is 1. The summed E-state index contributed by atoms with van der Waals surface area (Å²) in [7, 11) is 0. The van der Waals surface area contributed by atoms with Gasteiger partial charge in [-0.3, -0.25) is 4.79 Å². The molecule has 0 spiro atoms. The Morgan fingerprint density at radius 2 is 1.80 bits per heavy atom. The second kappa shape index (κ2) is 8.23. The number of nitrogens with two attached hydrogens (primary N) is 1. The molecule has 0 aromatic heterocycles. The average Bonchev–Trinajstić information content (AvgIpc) is 2.89. The first kappa shape index (κ1) is 17.8. The Balaban J connectivity index is 0.00000200. The quantitative estimate of drug-likeness (QED) is 0.818. The van der Waals surface area contributed by atoms with E-state index < -0.39 is 0 Å². The third kappa shape index (κ3) is 4.63. The van der Waals surface area contributed by atoms with Gasteiger partial charge in [0.15, 0.2) is 0 Å². The van der Waals surface area contributed by atoms with Crippen LogP contribution in [0.5, 0.6) is 0 Å². The lowest BCUT2D eigenvalue weighted by Crippen LogP contribution is -2.53. The van der Waals surface area contributed by atoms with Crippen molar-refractivity contribution in [3.05, 3.63) is 0 Å². The minimum atomic E-state index is -0.0854. The van der Waals surface area contributed by atoms with Gasteiger partial charge in [-0.05, 0) is 25.2 Å². The summed E-state index contributed by atoms with van der Waals surface area (Å²) in [4.78, 5) is 12.4. The number of carbonyl (C=O) groups is 1. The molecule has 1 amide bonds. The third-order valence-corrected chi connectivity index (χ3v) is 5.20. The number of hydrogen-bond donors (Lipinski definition) is 2. The molecule has 1 atom stereocenters. The number of halogens is 1. The third-order valence-electron chi connectivity index (χ3n) is 5.20. The van der Waals surface area contributed by atoms with E-state index in [9.17, 15) is 4.79 Å². The van der Waals surface area contributed by atoms with Crippen LogP contribution in [0.2, 0.25) is 0 Å². The summed E-state index contributed by atoms with van der Waals surface area (Å²) < 4.78 is 0. The predicted molar refractivity (Wildman–Crippen MR) is 86.0 cm³/mol. The van der Waals surface area contributed by atoms with E-state index in [1.54, 1.807) is 0 Å². The van der Waals surface area contributed by atoms with Crippen LogP contribution in [-0.4, -0.2) is 18.0 Å². The van der Waals surface area contributed by atoms with E-state index in [2.05, 4.69) is 12.2 Å². The van der Waals surface area contributed by atoms with E-state index >= 15 is 0 Å². The first-order valence-corrected chi connectivity index (χ1v) is 8.17. The molecule has 0 radical (unpaired) electrons. The lowest BCUT2D eigenvalue weighted by Gasteiger charge is -2.31. The zero-order valence-corrected chi connectivity index (χ0v) is 13.6. The molecule has 118 valence electrons. The van der Waals surface area contributed by atoms with E-state index in [0.29, 0.717) is 6.54 Å². The van der Waals surface area contributed by atoms with Gasteiger partial charge in [0.2, 0.25) is 5.91 Å². The molecule has 0 heterocycles. The summed E-state index contributed by atoms with van der Waals surface area (Å²) in [5.74, 6) is 1.15. The van der Waals surface area contributed by atoms with E-state index in [1.165, 1.54) is 44.9 Å². The molecule has 0 saturated heterocycles. The van der Waals surface area contributed by atoms with Gasteiger partial charge in [0.25, 0.3) is 0 Å². The van der Waals surface area contributed by atoms with E-state index in [-0.39, 0.29) is 29.8 Å². The van der Waals surface area contributed by atoms with Gasteiger partial charge < -0.3 is 11.1 Å². The van der Waals surface area contributed by atoms with Gasteiger partial charge in [-0.15, -0.1) is 12.4 Å². The highest BCUT2D eigenvalue weighted by Gasteiger charge is 2.35. The Labute approximate surface area is 129 Å². The van der Waals surface area contributed by atoms with Crippen molar-refractivity contribution in [2.24, 2.45) is 17.6 Å². The van der Waals surface area contributed by atoms with Gasteiger partial charge in [0, 0.05) is 12.5 Å². The average molecular weight is 303 g/mol. The molecule has 2 aliphatic rings. The first-order chi connectivity index (χ1) is 9.15. The Bertz CT molecular complexity index is 297. The topological polar surface area (TPSA) is 55.1 Å². The number of rotatable bonds is 5. The Morgan fingerprint density at radius 1 is 1.20 bits per heavy atom. The zero-order chi connectivity index (χ0) is 13.7. The molecule has 4 heteroatoms. The lowest BCUT2D eigenvalue weighted by atomic mass is 9.82. The van der Waals surface area contributed by atoms with Crippen LogP contribution >= 0.6 is 12.4 Å². The summed E-state index contributed by atoms with van der Waals surface area (Å²) >= 11 is 0. The van der Waals surface area contributed by atoms with Crippen molar-refractivity contribution < 1.29 is 4.79 Å². The first-order valence-electron chi connectivity index (χ1n) is 8.17. The molecule has 2 aliphatic carbocycles. The summed E-state index contributed by atoms with van der Waals surface area (Å²) in [6, 6.07) is 0. The minimum absolute atomic E-state index is 0. The smallest absolute Gasteiger partial charge is 0.223 e. The maximum absolute atomic E-state index is 12.4. The fraction of sp³-hybridized carbons (Fsp3) is 0.938. The molecule has 2 saturated carbocycles.